The number of benzene rings is 3. The van der Waals surface area contributed by atoms with Crippen LogP contribution in [0.3, 0.4) is 0 Å². The van der Waals surface area contributed by atoms with Crippen LogP contribution in [0.25, 0.3) is 0 Å². The molecule has 0 unspecified atom stereocenters. The summed E-state index contributed by atoms with van der Waals surface area (Å²) in [7, 11) is -3.49. The van der Waals surface area contributed by atoms with Crippen molar-refractivity contribution in [2.75, 3.05) is 18.9 Å². The molecule has 5 nitrogen and oxygen atoms in total. The first-order chi connectivity index (χ1) is 16.4. The molecule has 0 saturated carbocycles. The number of carbonyl (C=O) groups excluding carboxylic acids is 1. The van der Waals surface area contributed by atoms with E-state index in [1.165, 1.54) is 0 Å². The highest BCUT2D eigenvalue weighted by molar-refractivity contribution is 7.91. The number of carbonyl (C=O) groups is 1. The lowest BCUT2D eigenvalue weighted by molar-refractivity contribution is 0.161. The molecule has 6 heteroatoms. The second-order valence-electron chi connectivity index (χ2n) is 7.85. The fourth-order valence-electron chi connectivity index (χ4n) is 3.55. The zero-order chi connectivity index (χ0) is 24.0. The molecule has 0 bridgehead atoms. The summed E-state index contributed by atoms with van der Waals surface area (Å²) in [6, 6.07) is 23.5. The van der Waals surface area contributed by atoms with Gasteiger partial charge in [0.15, 0.2) is 9.84 Å². The molecule has 1 heterocycles. The van der Waals surface area contributed by atoms with Gasteiger partial charge in [-0.2, -0.15) is 0 Å². The molecule has 1 saturated heterocycles. The summed E-state index contributed by atoms with van der Waals surface area (Å²) in [5, 5.41) is 0. The van der Waals surface area contributed by atoms with Gasteiger partial charge >= 0.3 is 6.09 Å². The average Bonchev–Trinajstić information content (AvgIpc) is 3.21. The third-order valence-electron chi connectivity index (χ3n) is 5.42. The van der Waals surface area contributed by atoms with Crippen LogP contribution in [0.1, 0.15) is 28.3 Å². The van der Waals surface area contributed by atoms with Crippen molar-refractivity contribution in [2.24, 2.45) is 0 Å². The van der Waals surface area contributed by atoms with Crippen LogP contribution in [0.5, 0.6) is 0 Å². The lowest BCUT2D eigenvalue weighted by Crippen LogP contribution is -2.27. The molecular weight excluding hydrogens is 446 g/mol. The van der Waals surface area contributed by atoms with Crippen LogP contribution in [-0.4, -0.2) is 38.3 Å². The summed E-state index contributed by atoms with van der Waals surface area (Å²) in [4.78, 5) is 14.1. The minimum absolute atomic E-state index is 0.176. The first-order valence-corrected chi connectivity index (χ1v) is 12.4. The standard InChI is InChI=1S/C28H23NO4S/c1-22-15-17-26(18-16-22)34(31,32)20-8-14-24-10-6-5-9-23(24)13-7-19-29-27(21-33-28(29)30)25-11-3-2-4-12-25/h2-6,9-12,15-18,27H,19-21H2,1H3/t27-/m0/s1. The van der Waals surface area contributed by atoms with E-state index in [1.54, 1.807) is 35.2 Å². The third-order valence-corrected chi connectivity index (χ3v) is 6.94. The van der Waals surface area contributed by atoms with Crippen molar-refractivity contribution in [2.45, 2.75) is 17.9 Å². The minimum Gasteiger partial charge on any atom is -0.447 e. The molecule has 3 aromatic carbocycles. The molecule has 0 aromatic heterocycles. The number of ether oxygens (including phenoxy) is 1. The van der Waals surface area contributed by atoms with Crippen molar-refractivity contribution >= 4 is 15.9 Å². The summed E-state index contributed by atoms with van der Waals surface area (Å²) in [6.45, 7) is 2.41. The number of nitrogens with zero attached hydrogens (tertiary/aromatic N) is 1. The number of hydrogen-bond acceptors (Lipinski definition) is 4. The lowest BCUT2D eigenvalue weighted by Gasteiger charge is -2.18. The molecule has 0 N–H and O–H groups in total. The smallest absolute Gasteiger partial charge is 0.411 e. The maximum absolute atomic E-state index is 12.5. The Morgan fingerprint density at radius 3 is 2.18 bits per heavy atom. The van der Waals surface area contributed by atoms with E-state index in [2.05, 4.69) is 23.7 Å². The van der Waals surface area contributed by atoms with Crippen molar-refractivity contribution in [3.63, 3.8) is 0 Å². The maximum atomic E-state index is 12.5. The first-order valence-electron chi connectivity index (χ1n) is 10.8. The van der Waals surface area contributed by atoms with E-state index >= 15 is 0 Å². The highest BCUT2D eigenvalue weighted by Crippen LogP contribution is 2.26. The zero-order valence-electron chi connectivity index (χ0n) is 18.7. The van der Waals surface area contributed by atoms with Gasteiger partial charge in [0.05, 0.1) is 17.5 Å². The normalized spacial score (nSPS) is 15.0. The van der Waals surface area contributed by atoms with Gasteiger partial charge in [-0.05, 0) is 36.8 Å². The fraction of sp³-hybridized carbons (Fsp3) is 0.179. The van der Waals surface area contributed by atoms with Crippen LogP contribution >= 0.6 is 0 Å². The van der Waals surface area contributed by atoms with E-state index in [-0.39, 0.29) is 23.2 Å². The lowest BCUT2D eigenvalue weighted by atomic mass is 10.1. The first kappa shape index (κ1) is 23.2. The topological polar surface area (TPSA) is 63.7 Å². The highest BCUT2D eigenvalue weighted by atomic mass is 32.2. The van der Waals surface area contributed by atoms with Crippen LogP contribution in [-0.2, 0) is 14.6 Å². The predicted octanol–water partition coefficient (Wildman–Crippen LogP) is 4.37. The van der Waals surface area contributed by atoms with Crippen LogP contribution in [0.2, 0.25) is 0 Å². The average molecular weight is 470 g/mol. The van der Waals surface area contributed by atoms with E-state index in [0.29, 0.717) is 17.7 Å². The van der Waals surface area contributed by atoms with Gasteiger partial charge in [-0.3, -0.25) is 4.90 Å². The molecule has 1 fully saturated rings. The van der Waals surface area contributed by atoms with Crippen LogP contribution < -0.4 is 0 Å². The number of cyclic esters (lactones) is 1. The minimum atomic E-state index is -3.49. The molecule has 0 spiro atoms. The monoisotopic (exact) mass is 469 g/mol. The van der Waals surface area contributed by atoms with Crippen LogP contribution in [0, 0.1) is 30.6 Å². The molecule has 4 rings (SSSR count). The number of rotatable bonds is 4. The largest absolute Gasteiger partial charge is 0.447 e. The molecule has 1 aliphatic rings. The second kappa shape index (κ2) is 10.3. The molecule has 0 radical (unpaired) electrons. The van der Waals surface area contributed by atoms with E-state index in [9.17, 15) is 13.2 Å². The summed E-state index contributed by atoms with van der Waals surface area (Å²) < 4.78 is 30.3. The van der Waals surface area contributed by atoms with Gasteiger partial charge in [-0.1, -0.05) is 83.8 Å². The number of hydrogen-bond donors (Lipinski definition) is 0. The highest BCUT2D eigenvalue weighted by Gasteiger charge is 2.33. The van der Waals surface area contributed by atoms with Gasteiger partial charge < -0.3 is 4.74 Å². The Morgan fingerprint density at radius 1 is 0.882 bits per heavy atom. The molecule has 1 atom stereocenters. The fourth-order valence-corrected chi connectivity index (χ4v) is 4.53. The van der Waals surface area contributed by atoms with E-state index < -0.39 is 15.9 Å². The number of sulfone groups is 1. The van der Waals surface area contributed by atoms with Crippen molar-refractivity contribution in [3.8, 4) is 23.7 Å². The Hall–Kier alpha value is -4.00. The van der Waals surface area contributed by atoms with Gasteiger partial charge in [0.1, 0.15) is 12.4 Å². The van der Waals surface area contributed by atoms with Gasteiger partial charge in [0, 0.05) is 11.1 Å². The SMILES string of the molecule is Cc1ccc(S(=O)(=O)CC#Cc2ccccc2C#CCN2C(=O)OC[C@H]2c2ccccc2)cc1. The summed E-state index contributed by atoms with van der Waals surface area (Å²) in [6.07, 6.45) is -0.391. The Labute approximate surface area is 200 Å². The Balaban J connectivity index is 1.48. The van der Waals surface area contributed by atoms with Gasteiger partial charge in [0.25, 0.3) is 0 Å². The van der Waals surface area contributed by atoms with Crippen molar-refractivity contribution in [1.82, 2.24) is 4.90 Å². The molecular formula is C28H23NO4S. The van der Waals surface area contributed by atoms with E-state index in [0.717, 1.165) is 11.1 Å². The molecule has 34 heavy (non-hydrogen) atoms. The Morgan fingerprint density at radius 2 is 1.50 bits per heavy atom. The third kappa shape index (κ3) is 5.49. The van der Waals surface area contributed by atoms with E-state index in [1.807, 2.05) is 55.5 Å². The summed E-state index contributed by atoms with van der Waals surface area (Å²) in [5.74, 6) is 11.5. The Kier molecular flexibility index (Phi) is 7.01. The molecule has 3 aromatic rings. The van der Waals surface area contributed by atoms with Crippen LogP contribution in [0.15, 0.2) is 83.8 Å². The van der Waals surface area contributed by atoms with Gasteiger partial charge in [0.2, 0.25) is 0 Å². The Bertz CT molecular complexity index is 1410. The number of aryl methyl sites for hydroxylation is 1. The predicted molar refractivity (Wildman–Crippen MR) is 131 cm³/mol. The molecule has 1 aliphatic heterocycles. The maximum Gasteiger partial charge on any atom is 0.411 e. The van der Waals surface area contributed by atoms with Gasteiger partial charge in [-0.15, -0.1) is 0 Å². The zero-order valence-corrected chi connectivity index (χ0v) is 19.5. The van der Waals surface area contributed by atoms with Crippen molar-refractivity contribution in [1.29, 1.82) is 0 Å². The molecule has 0 aliphatic carbocycles. The quantitative estimate of drug-likeness (QED) is 0.533. The second-order valence-corrected chi connectivity index (χ2v) is 9.84. The van der Waals surface area contributed by atoms with E-state index in [4.69, 9.17) is 4.74 Å². The summed E-state index contributed by atoms with van der Waals surface area (Å²) >= 11 is 0. The number of amides is 1. The van der Waals surface area contributed by atoms with Crippen molar-refractivity contribution in [3.05, 3.63) is 101 Å². The van der Waals surface area contributed by atoms with Crippen molar-refractivity contribution < 1.29 is 17.9 Å². The van der Waals surface area contributed by atoms with Crippen LogP contribution in [0.4, 0.5) is 4.79 Å². The van der Waals surface area contributed by atoms with Gasteiger partial charge in [-0.25, -0.2) is 13.2 Å². The molecule has 1 amide bonds. The molecule has 170 valence electrons. The summed E-state index contributed by atoms with van der Waals surface area (Å²) in [5.41, 5.74) is 3.30.